The van der Waals surface area contributed by atoms with Crippen LogP contribution in [-0.2, 0) is 0 Å². The Morgan fingerprint density at radius 1 is 1.59 bits per heavy atom. The summed E-state index contributed by atoms with van der Waals surface area (Å²) in [7, 11) is 0. The quantitative estimate of drug-likeness (QED) is 0.491. The summed E-state index contributed by atoms with van der Waals surface area (Å²) in [6, 6.07) is 2.08. The van der Waals surface area contributed by atoms with Crippen molar-refractivity contribution >= 4 is 34.7 Å². The molecule has 17 heavy (non-hydrogen) atoms. The van der Waals surface area contributed by atoms with E-state index in [-0.39, 0.29) is 16.4 Å². The minimum absolute atomic E-state index is 0.122. The molecule has 0 bridgehead atoms. The molecule has 0 spiro atoms. The van der Waals surface area contributed by atoms with Gasteiger partial charge in [0, 0.05) is 6.54 Å². The number of rotatable bonds is 6. The van der Waals surface area contributed by atoms with E-state index in [0.717, 1.165) is 18.2 Å². The Morgan fingerprint density at radius 2 is 2.29 bits per heavy atom. The predicted molar refractivity (Wildman–Crippen MR) is 69.6 cm³/mol. The normalized spacial score (nSPS) is 10.3. The minimum Gasteiger partial charge on any atom is -0.379 e. The van der Waals surface area contributed by atoms with E-state index in [4.69, 9.17) is 11.6 Å². The summed E-state index contributed by atoms with van der Waals surface area (Å²) in [4.78, 5) is 10.1. The van der Waals surface area contributed by atoms with Crippen LogP contribution >= 0.6 is 23.4 Å². The van der Waals surface area contributed by atoms with E-state index in [1.54, 1.807) is 11.8 Å². The molecule has 0 amide bonds. The first-order chi connectivity index (χ1) is 8.06. The van der Waals surface area contributed by atoms with Gasteiger partial charge in [-0.3, -0.25) is 10.1 Å². The molecule has 1 N–H and O–H groups in total. The molecule has 0 saturated heterocycles. The molecule has 0 radical (unpaired) electrons. The molecule has 0 aliphatic heterocycles. The third-order valence-corrected chi connectivity index (χ3v) is 3.06. The third kappa shape index (κ3) is 4.05. The van der Waals surface area contributed by atoms with Gasteiger partial charge in [-0.2, -0.15) is 11.8 Å². The highest BCUT2D eigenvalue weighted by atomic mass is 35.5. The SMILES string of the molecule is CSCCCNc1cc(Cl)c(F)cc1[N+](=O)[O-]. The highest BCUT2D eigenvalue weighted by molar-refractivity contribution is 7.98. The first-order valence-corrected chi connectivity index (χ1v) is 6.69. The number of anilines is 1. The van der Waals surface area contributed by atoms with Crippen LogP contribution in [-0.4, -0.2) is 23.5 Å². The second-order valence-corrected chi connectivity index (χ2v) is 4.71. The molecule has 0 saturated carbocycles. The maximum absolute atomic E-state index is 13.1. The van der Waals surface area contributed by atoms with Crippen molar-refractivity contribution in [3.8, 4) is 0 Å². The van der Waals surface area contributed by atoms with Crippen molar-refractivity contribution in [3.05, 3.63) is 33.1 Å². The second-order valence-electron chi connectivity index (χ2n) is 3.31. The first kappa shape index (κ1) is 14.1. The Bertz CT molecular complexity index is 418. The van der Waals surface area contributed by atoms with Crippen molar-refractivity contribution in [2.45, 2.75) is 6.42 Å². The lowest BCUT2D eigenvalue weighted by molar-refractivity contribution is -0.384. The van der Waals surface area contributed by atoms with Gasteiger partial charge in [0.05, 0.1) is 16.0 Å². The Labute approximate surface area is 108 Å². The molecule has 4 nitrogen and oxygen atoms in total. The maximum Gasteiger partial charge on any atom is 0.295 e. The van der Waals surface area contributed by atoms with Crippen LogP contribution < -0.4 is 5.32 Å². The fourth-order valence-corrected chi connectivity index (χ4v) is 1.87. The number of hydrogen-bond donors (Lipinski definition) is 1. The Balaban J connectivity index is 2.81. The van der Waals surface area contributed by atoms with Crippen molar-refractivity contribution in [2.24, 2.45) is 0 Å². The van der Waals surface area contributed by atoms with Crippen LogP contribution in [0.5, 0.6) is 0 Å². The number of hydrogen-bond acceptors (Lipinski definition) is 4. The average molecular weight is 279 g/mol. The Morgan fingerprint density at radius 3 is 2.88 bits per heavy atom. The van der Waals surface area contributed by atoms with Crippen LogP contribution in [0.4, 0.5) is 15.8 Å². The standard InChI is InChI=1S/C10H12ClFN2O2S/c1-17-4-2-3-13-9-5-7(11)8(12)6-10(9)14(15)16/h5-6,13H,2-4H2,1H3. The number of nitro benzene ring substituents is 1. The molecular formula is C10H12ClFN2O2S. The van der Waals surface area contributed by atoms with Crippen molar-refractivity contribution in [3.63, 3.8) is 0 Å². The van der Waals surface area contributed by atoms with Crippen LogP contribution in [0.1, 0.15) is 6.42 Å². The smallest absolute Gasteiger partial charge is 0.295 e. The zero-order valence-corrected chi connectivity index (χ0v) is 10.8. The molecule has 0 heterocycles. The highest BCUT2D eigenvalue weighted by Gasteiger charge is 2.17. The summed E-state index contributed by atoms with van der Waals surface area (Å²) in [6.45, 7) is 0.587. The lowest BCUT2D eigenvalue weighted by Crippen LogP contribution is -2.05. The van der Waals surface area contributed by atoms with Gasteiger partial charge in [-0.15, -0.1) is 0 Å². The molecule has 0 aromatic heterocycles. The van der Waals surface area contributed by atoms with Gasteiger partial charge < -0.3 is 5.32 Å². The van der Waals surface area contributed by atoms with Crippen LogP contribution in [0, 0.1) is 15.9 Å². The summed E-state index contributed by atoms with van der Waals surface area (Å²) in [5, 5.41) is 13.5. The molecule has 0 fully saturated rings. The second kappa shape index (κ2) is 6.66. The molecule has 1 aromatic rings. The molecule has 0 aliphatic rings. The van der Waals surface area contributed by atoms with Gasteiger partial charge in [0.15, 0.2) is 0 Å². The van der Waals surface area contributed by atoms with Crippen molar-refractivity contribution < 1.29 is 9.31 Å². The lowest BCUT2D eigenvalue weighted by Gasteiger charge is -2.07. The van der Waals surface area contributed by atoms with Crippen LogP contribution in [0.3, 0.4) is 0 Å². The number of benzene rings is 1. The van der Waals surface area contributed by atoms with Gasteiger partial charge in [0.2, 0.25) is 0 Å². The van der Waals surface area contributed by atoms with E-state index >= 15 is 0 Å². The zero-order valence-electron chi connectivity index (χ0n) is 9.20. The van der Waals surface area contributed by atoms with Gasteiger partial charge in [0.25, 0.3) is 5.69 Å². The minimum atomic E-state index is -0.784. The number of nitro groups is 1. The first-order valence-electron chi connectivity index (χ1n) is 4.92. The molecule has 1 aromatic carbocycles. The molecule has 0 unspecified atom stereocenters. The highest BCUT2D eigenvalue weighted by Crippen LogP contribution is 2.30. The summed E-state index contributed by atoms with van der Waals surface area (Å²) in [5.41, 5.74) is -0.0430. The Kier molecular flexibility index (Phi) is 5.50. The fourth-order valence-electron chi connectivity index (χ4n) is 1.27. The number of thioether (sulfide) groups is 1. The topological polar surface area (TPSA) is 55.2 Å². The van der Waals surface area contributed by atoms with Gasteiger partial charge >= 0.3 is 0 Å². The number of halogens is 2. The summed E-state index contributed by atoms with van der Waals surface area (Å²) >= 11 is 7.28. The van der Waals surface area contributed by atoms with E-state index in [1.165, 1.54) is 6.07 Å². The zero-order chi connectivity index (χ0) is 12.8. The van der Waals surface area contributed by atoms with Crippen LogP contribution in [0.25, 0.3) is 0 Å². The van der Waals surface area contributed by atoms with Crippen molar-refractivity contribution in [1.29, 1.82) is 0 Å². The van der Waals surface area contributed by atoms with Crippen LogP contribution in [0.15, 0.2) is 12.1 Å². The summed E-state index contributed by atoms with van der Waals surface area (Å²) in [5.74, 6) is 0.170. The van der Waals surface area contributed by atoms with Gasteiger partial charge in [-0.05, 0) is 24.5 Å². The van der Waals surface area contributed by atoms with Gasteiger partial charge in [-0.1, -0.05) is 11.6 Å². The van der Waals surface area contributed by atoms with E-state index in [1.807, 2.05) is 6.26 Å². The lowest BCUT2D eigenvalue weighted by atomic mass is 10.2. The number of nitrogens with zero attached hydrogens (tertiary/aromatic N) is 1. The van der Waals surface area contributed by atoms with E-state index in [0.29, 0.717) is 6.54 Å². The maximum atomic E-state index is 13.1. The van der Waals surface area contributed by atoms with E-state index < -0.39 is 10.7 Å². The largest absolute Gasteiger partial charge is 0.379 e. The summed E-state index contributed by atoms with van der Waals surface area (Å²) in [6.07, 6.45) is 2.85. The van der Waals surface area contributed by atoms with Crippen molar-refractivity contribution in [1.82, 2.24) is 0 Å². The summed E-state index contributed by atoms with van der Waals surface area (Å²) < 4.78 is 13.1. The predicted octanol–water partition coefficient (Wildman–Crippen LogP) is 3.55. The van der Waals surface area contributed by atoms with Gasteiger partial charge in [-0.25, -0.2) is 4.39 Å². The molecule has 1 rings (SSSR count). The Hall–Kier alpha value is -1.01. The molecule has 0 atom stereocenters. The average Bonchev–Trinajstić information content (AvgIpc) is 2.28. The molecular weight excluding hydrogens is 267 g/mol. The molecule has 7 heteroatoms. The van der Waals surface area contributed by atoms with Crippen molar-refractivity contribution in [2.75, 3.05) is 23.9 Å². The molecule has 94 valence electrons. The van der Waals surface area contributed by atoms with Gasteiger partial charge in [0.1, 0.15) is 11.5 Å². The third-order valence-electron chi connectivity index (χ3n) is 2.08. The molecule has 0 aliphatic carbocycles. The number of nitrogens with one attached hydrogen (secondary N) is 1. The monoisotopic (exact) mass is 278 g/mol. The van der Waals surface area contributed by atoms with E-state index in [2.05, 4.69) is 5.32 Å². The van der Waals surface area contributed by atoms with Crippen LogP contribution in [0.2, 0.25) is 5.02 Å². The fraction of sp³-hybridized carbons (Fsp3) is 0.400. The van der Waals surface area contributed by atoms with E-state index in [9.17, 15) is 14.5 Å².